The molecule has 0 aliphatic carbocycles. The summed E-state index contributed by atoms with van der Waals surface area (Å²) in [6.07, 6.45) is 0. The number of carbonyl (C=O) groups is 2. The van der Waals surface area contributed by atoms with Crippen molar-refractivity contribution in [3.05, 3.63) is 70.1 Å². The summed E-state index contributed by atoms with van der Waals surface area (Å²) in [7, 11) is 6.77. The van der Waals surface area contributed by atoms with Gasteiger partial charge in [0.1, 0.15) is 5.75 Å². The zero-order valence-electron chi connectivity index (χ0n) is 19.3. The summed E-state index contributed by atoms with van der Waals surface area (Å²) in [5.74, 6) is -0.900. The zero-order valence-corrected chi connectivity index (χ0v) is 20.0. The van der Waals surface area contributed by atoms with Crippen LogP contribution < -0.4 is 9.47 Å². The van der Waals surface area contributed by atoms with E-state index in [4.69, 9.17) is 25.5 Å². The Bertz CT molecular complexity index is 1300. The fourth-order valence-corrected chi connectivity index (χ4v) is 4.28. The molecule has 1 aliphatic rings. The zero-order chi connectivity index (χ0) is 24.6. The lowest BCUT2D eigenvalue weighted by Gasteiger charge is -2.28. The van der Waals surface area contributed by atoms with Crippen molar-refractivity contribution in [2.45, 2.75) is 6.04 Å². The monoisotopic (exact) mass is 484 g/mol. The van der Waals surface area contributed by atoms with Crippen molar-refractivity contribution in [1.29, 1.82) is 0 Å². The topological polar surface area (TPSA) is 92.4 Å². The molecule has 34 heavy (non-hydrogen) atoms. The minimum absolute atomic E-state index is 0.0349. The molecule has 1 aromatic heterocycles. The Kier molecular flexibility index (Phi) is 6.54. The molecule has 3 aromatic rings. The van der Waals surface area contributed by atoms with Crippen molar-refractivity contribution in [2.24, 2.45) is 0 Å². The van der Waals surface area contributed by atoms with Gasteiger partial charge in [0, 0.05) is 29.6 Å². The summed E-state index contributed by atoms with van der Waals surface area (Å²) in [6.45, 7) is 0.847. The van der Waals surface area contributed by atoms with Crippen LogP contribution in [0.5, 0.6) is 11.5 Å². The molecular formula is C25H25ClN2O6. The largest absolute Gasteiger partial charge is 0.503 e. The quantitative estimate of drug-likeness (QED) is 0.478. The van der Waals surface area contributed by atoms with E-state index in [0.717, 1.165) is 0 Å². The van der Waals surface area contributed by atoms with Gasteiger partial charge in [-0.1, -0.05) is 23.7 Å². The number of hydrogen-bond acceptors (Lipinski definition) is 7. The van der Waals surface area contributed by atoms with Crippen molar-refractivity contribution < 1.29 is 28.6 Å². The molecule has 178 valence electrons. The van der Waals surface area contributed by atoms with E-state index in [9.17, 15) is 14.7 Å². The maximum atomic E-state index is 13.7. The number of aliphatic hydroxyl groups excluding tert-OH is 1. The maximum Gasteiger partial charge on any atom is 0.290 e. The number of hydrogen-bond donors (Lipinski definition) is 1. The van der Waals surface area contributed by atoms with Gasteiger partial charge in [0.15, 0.2) is 22.9 Å². The lowest BCUT2D eigenvalue weighted by molar-refractivity contribution is -0.129. The molecule has 1 aliphatic heterocycles. The van der Waals surface area contributed by atoms with E-state index in [-0.39, 0.29) is 11.3 Å². The Labute approximate surface area is 201 Å². The predicted molar refractivity (Wildman–Crippen MR) is 128 cm³/mol. The van der Waals surface area contributed by atoms with Crippen LogP contribution in [0.3, 0.4) is 0 Å². The standard InChI is InChI=1S/C25H25ClN2O6/c1-27(2)8-9-28-21(14-6-5-7-17(11-14)32-3)20(23(30)25(28)31)22(29)18-12-15-10-16(26)13-19(33-4)24(15)34-18/h5-7,10-13,21,30H,8-9H2,1-4H3. The molecule has 9 heteroatoms. The van der Waals surface area contributed by atoms with E-state index in [1.165, 1.54) is 25.2 Å². The third-order valence-electron chi connectivity index (χ3n) is 5.74. The fourth-order valence-electron chi connectivity index (χ4n) is 4.06. The van der Waals surface area contributed by atoms with E-state index in [0.29, 0.717) is 46.1 Å². The van der Waals surface area contributed by atoms with E-state index in [2.05, 4.69) is 0 Å². The fraction of sp³-hybridized carbons (Fsp3) is 0.280. The lowest BCUT2D eigenvalue weighted by Crippen LogP contribution is -2.36. The minimum Gasteiger partial charge on any atom is -0.503 e. The molecule has 2 aromatic carbocycles. The number of ketones is 1. The Balaban J connectivity index is 1.82. The average molecular weight is 485 g/mol. The van der Waals surface area contributed by atoms with E-state index < -0.39 is 23.5 Å². The van der Waals surface area contributed by atoms with Gasteiger partial charge in [0.25, 0.3) is 5.91 Å². The van der Waals surface area contributed by atoms with Gasteiger partial charge in [0.05, 0.1) is 25.8 Å². The smallest absolute Gasteiger partial charge is 0.290 e. The van der Waals surface area contributed by atoms with Gasteiger partial charge in [-0.15, -0.1) is 0 Å². The summed E-state index contributed by atoms with van der Waals surface area (Å²) < 4.78 is 16.5. The average Bonchev–Trinajstić information content (AvgIpc) is 3.35. The Morgan fingerprint density at radius 1 is 1.18 bits per heavy atom. The highest BCUT2D eigenvalue weighted by Gasteiger charge is 2.44. The number of benzene rings is 2. The molecular weight excluding hydrogens is 460 g/mol. The summed E-state index contributed by atoms with van der Waals surface area (Å²) in [6, 6.07) is 11.0. The molecule has 8 nitrogen and oxygen atoms in total. The van der Waals surface area contributed by atoms with Crippen molar-refractivity contribution in [3.8, 4) is 11.5 Å². The van der Waals surface area contributed by atoms with Crippen LogP contribution in [-0.4, -0.2) is 68.0 Å². The number of furan rings is 1. The first kappa shape index (κ1) is 23.7. The molecule has 1 N–H and O–H groups in total. The van der Waals surface area contributed by atoms with E-state index in [1.54, 1.807) is 36.4 Å². The SMILES string of the molecule is COc1cccc(C2C(C(=O)c3cc4cc(Cl)cc(OC)c4o3)=C(O)C(=O)N2CCN(C)C)c1. The number of likely N-dealkylation sites (N-methyl/N-ethyl adjacent to an activating group) is 1. The highest BCUT2D eigenvalue weighted by atomic mass is 35.5. The summed E-state index contributed by atoms with van der Waals surface area (Å²) in [4.78, 5) is 30.1. The summed E-state index contributed by atoms with van der Waals surface area (Å²) >= 11 is 6.15. The number of aliphatic hydroxyl groups is 1. The predicted octanol–water partition coefficient (Wildman–Crippen LogP) is 4.24. The van der Waals surface area contributed by atoms with Crippen LogP contribution in [0.4, 0.5) is 0 Å². The molecule has 0 radical (unpaired) electrons. The second-order valence-corrected chi connectivity index (χ2v) is 8.65. The molecule has 4 rings (SSSR count). The number of Topliss-reactive ketones (excluding diaryl/α,β-unsaturated/α-hetero) is 1. The molecule has 1 unspecified atom stereocenters. The normalized spacial score (nSPS) is 16.1. The van der Waals surface area contributed by atoms with E-state index in [1.807, 2.05) is 19.0 Å². The number of ether oxygens (including phenoxy) is 2. The van der Waals surface area contributed by atoms with Crippen molar-refractivity contribution in [2.75, 3.05) is 41.4 Å². The number of carbonyl (C=O) groups excluding carboxylic acids is 2. The first-order valence-electron chi connectivity index (χ1n) is 10.6. The molecule has 0 bridgehead atoms. The van der Waals surface area contributed by atoms with Gasteiger partial charge in [-0.25, -0.2) is 0 Å². The first-order valence-corrected chi connectivity index (χ1v) is 11.0. The molecule has 0 fully saturated rings. The van der Waals surface area contributed by atoms with Crippen molar-refractivity contribution in [1.82, 2.24) is 9.80 Å². The molecule has 1 amide bonds. The van der Waals surface area contributed by atoms with Crippen LogP contribution in [-0.2, 0) is 4.79 Å². The number of fused-ring (bicyclic) bond motifs is 1. The van der Waals surface area contributed by atoms with Gasteiger partial charge >= 0.3 is 0 Å². The molecule has 0 saturated heterocycles. The van der Waals surface area contributed by atoms with Gasteiger partial charge in [0.2, 0.25) is 5.78 Å². The first-order chi connectivity index (χ1) is 16.2. The second-order valence-electron chi connectivity index (χ2n) is 8.21. The van der Waals surface area contributed by atoms with Gasteiger partial charge < -0.3 is 28.8 Å². The maximum absolute atomic E-state index is 13.7. The number of rotatable bonds is 8. The second kappa shape index (κ2) is 9.40. The molecule has 0 saturated carbocycles. The summed E-state index contributed by atoms with van der Waals surface area (Å²) in [5.41, 5.74) is 0.929. The van der Waals surface area contributed by atoms with Gasteiger partial charge in [-0.3, -0.25) is 9.59 Å². The molecule has 2 heterocycles. The van der Waals surface area contributed by atoms with Crippen molar-refractivity contribution >= 4 is 34.3 Å². The minimum atomic E-state index is -0.811. The number of halogens is 1. The number of methoxy groups -OCH3 is 2. The van der Waals surface area contributed by atoms with Crippen LogP contribution in [0.2, 0.25) is 5.02 Å². The van der Waals surface area contributed by atoms with Gasteiger partial charge in [-0.2, -0.15) is 0 Å². The molecule has 1 atom stereocenters. The van der Waals surface area contributed by atoms with Crippen LogP contribution >= 0.6 is 11.6 Å². The van der Waals surface area contributed by atoms with E-state index >= 15 is 0 Å². The van der Waals surface area contributed by atoms with Crippen LogP contribution in [0.15, 0.2) is 58.2 Å². The van der Waals surface area contributed by atoms with Crippen molar-refractivity contribution in [3.63, 3.8) is 0 Å². The molecule has 0 spiro atoms. The van der Waals surface area contributed by atoms with Crippen LogP contribution in [0.1, 0.15) is 22.2 Å². The number of amides is 1. The Morgan fingerprint density at radius 3 is 2.62 bits per heavy atom. The highest BCUT2D eigenvalue weighted by Crippen LogP contribution is 2.41. The third-order valence-corrected chi connectivity index (χ3v) is 5.95. The van der Waals surface area contributed by atoms with Crippen LogP contribution in [0.25, 0.3) is 11.0 Å². The van der Waals surface area contributed by atoms with Crippen LogP contribution in [0, 0.1) is 0 Å². The third kappa shape index (κ3) is 4.22. The Morgan fingerprint density at radius 2 is 1.94 bits per heavy atom. The number of nitrogens with zero attached hydrogens (tertiary/aromatic N) is 2. The Hall–Kier alpha value is -3.49. The highest BCUT2D eigenvalue weighted by molar-refractivity contribution is 6.31. The lowest BCUT2D eigenvalue weighted by atomic mass is 9.95. The summed E-state index contributed by atoms with van der Waals surface area (Å²) in [5, 5.41) is 11.8. The van der Waals surface area contributed by atoms with Gasteiger partial charge in [-0.05, 0) is 43.9 Å².